The third kappa shape index (κ3) is 2.43. The predicted molar refractivity (Wildman–Crippen MR) is 73.7 cm³/mol. The largest absolute Gasteiger partial charge is 0.478 e. The van der Waals surface area contributed by atoms with Crippen LogP contribution in [0.5, 0.6) is 0 Å². The van der Waals surface area contributed by atoms with E-state index in [1.54, 1.807) is 19.1 Å². The number of hydrogen-bond acceptors (Lipinski definition) is 5. The van der Waals surface area contributed by atoms with Gasteiger partial charge in [-0.1, -0.05) is 12.1 Å². The van der Waals surface area contributed by atoms with Gasteiger partial charge in [0.05, 0.1) is 17.0 Å². The lowest BCUT2D eigenvalue weighted by Crippen LogP contribution is -2.37. The third-order valence-corrected chi connectivity index (χ3v) is 3.02. The van der Waals surface area contributed by atoms with Gasteiger partial charge >= 0.3 is 5.97 Å². The lowest BCUT2D eigenvalue weighted by Gasteiger charge is -2.23. The van der Waals surface area contributed by atoms with E-state index >= 15 is 0 Å². The van der Waals surface area contributed by atoms with E-state index < -0.39 is 11.8 Å². The average Bonchev–Trinajstić information content (AvgIpc) is 3.04. The van der Waals surface area contributed by atoms with E-state index in [9.17, 15) is 4.79 Å². The smallest absolute Gasteiger partial charge is 0.330 e. The first-order valence-electron chi connectivity index (χ1n) is 6.37. The van der Waals surface area contributed by atoms with Crippen molar-refractivity contribution in [1.29, 1.82) is 0 Å². The molecule has 0 amide bonds. The summed E-state index contributed by atoms with van der Waals surface area (Å²) in [6.07, 6.45) is 2.60. The first-order valence-corrected chi connectivity index (χ1v) is 6.37. The van der Waals surface area contributed by atoms with Gasteiger partial charge in [0.15, 0.2) is 5.76 Å². The van der Waals surface area contributed by atoms with Crippen LogP contribution in [-0.4, -0.2) is 11.1 Å². The number of rotatable bonds is 4. The predicted octanol–water partition coefficient (Wildman–Crippen LogP) is 0.921. The summed E-state index contributed by atoms with van der Waals surface area (Å²) in [7, 11) is 0. The molecule has 1 aliphatic rings. The maximum atomic E-state index is 10.8. The Morgan fingerprint density at radius 3 is 2.43 bits per heavy atom. The highest BCUT2D eigenvalue weighted by Gasteiger charge is 2.36. The molecular formula is C15H13N3O3. The number of carboxylic acids is 1. The Labute approximate surface area is 120 Å². The number of nitrogens with zero attached hydrogens (tertiary/aromatic N) is 2. The van der Waals surface area contributed by atoms with Crippen LogP contribution in [0.3, 0.4) is 0 Å². The van der Waals surface area contributed by atoms with Crippen LogP contribution in [0.1, 0.15) is 12.7 Å². The van der Waals surface area contributed by atoms with Gasteiger partial charge in [-0.25, -0.2) is 14.8 Å². The van der Waals surface area contributed by atoms with Gasteiger partial charge in [0.25, 0.3) is 5.79 Å². The van der Waals surface area contributed by atoms with E-state index in [-0.39, 0.29) is 0 Å². The van der Waals surface area contributed by atoms with E-state index in [1.165, 1.54) is 6.26 Å². The van der Waals surface area contributed by atoms with E-state index in [2.05, 4.69) is 15.3 Å². The molecule has 0 aliphatic carbocycles. The van der Waals surface area contributed by atoms with Crippen LogP contribution in [0.25, 0.3) is 0 Å². The minimum Gasteiger partial charge on any atom is -0.478 e. The zero-order valence-electron chi connectivity index (χ0n) is 11.3. The highest BCUT2D eigenvalue weighted by molar-refractivity contribution is 5.80. The second kappa shape index (κ2) is 4.90. The zero-order chi connectivity index (χ0) is 14.9. The van der Waals surface area contributed by atoms with Gasteiger partial charge in [0, 0.05) is 11.8 Å². The molecule has 0 bridgehead atoms. The van der Waals surface area contributed by atoms with E-state index in [1.807, 2.05) is 24.3 Å². The molecule has 1 aromatic heterocycles. The summed E-state index contributed by atoms with van der Waals surface area (Å²) in [6.45, 7) is 1.65. The van der Waals surface area contributed by atoms with Crippen molar-refractivity contribution in [3.05, 3.63) is 70.9 Å². The number of para-hydroxylation sites is 2. The van der Waals surface area contributed by atoms with Gasteiger partial charge in [-0.05, 0) is 31.2 Å². The molecule has 106 valence electrons. The van der Waals surface area contributed by atoms with Crippen molar-refractivity contribution in [3.8, 4) is 0 Å². The molecule has 0 saturated heterocycles. The van der Waals surface area contributed by atoms with Crippen LogP contribution in [0.15, 0.2) is 68.8 Å². The molecule has 2 heterocycles. The summed E-state index contributed by atoms with van der Waals surface area (Å²) in [6, 6.07) is 10.9. The van der Waals surface area contributed by atoms with Gasteiger partial charge in [-0.3, -0.25) is 0 Å². The van der Waals surface area contributed by atoms with Crippen LogP contribution in [0.2, 0.25) is 0 Å². The van der Waals surface area contributed by atoms with Gasteiger partial charge in [0.2, 0.25) is 0 Å². The highest BCUT2D eigenvalue weighted by Crippen LogP contribution is 2.26. The zero-order valence-corrected chi connectivity index (χ0v) is 11.3. The Hall–Kier alpha value is -2.89. The minimum absolute atomic E-state index is 0.430. The number of furan rings is 1. The molecule has 0 spiro atoms. The Bertz CT molecular complexity index is 787. The number of benzene rings is 1. The molecule has 2 N–H and O–H groups in total. The number of carbonyl (C=O) groups is 1. The van der Waals surface area contributed by atoms with Crippen molar-refractivity contribution in [1.82, 2.24) is 5.32 Å². The van der Waals surface area contributed by atoms with Crippen LogP contribution in [0.4, 0.5) is 0 Å². The molecule has 2 aromatic rings. The number of nitrogens with one attached hydrogen (secondary N) is 1. The molecule has 21 heavy (non-hydrogen) atoms. The SMILES string of the molecule is CC(=CC(=O)O)NC1(c2ccco2)N=c2ccccc2=N1. The fourth-order valence-electron chi connectivity index (χ4n) is 2.23. The van der Waals surface area contributed by atoms with Crippen molar-refractivity contribution in [2.24, 2.45) is 9.98 Å². The summed E-state index contributed by atoms with van der Waals surface area (Å²) in [5.74, 6) is -1.70. The Balaban J connectivity index is 2.12. The maximum Gasteiger partial charge on any atom is 0.330 e. The first kappa shape index (κ1) is 13.1. The van der Waals surface area contributed by atoms with E-state index in [0.29, 0.717) is 11.5 Å². The average molecular weight is 283 g/mol. The molecule has 0 atom stereocenters. The number of fused-ring (bicyclic) bond motifs is 1. The summed E-state index contributed by atoms with van der Waals surface area (Å²) in [5, 5.41) is 13.3. The first-order chi connectivity index (χ1) is 10.1. The molecule has 0 radical (unpaired) electrons. The molecule has 0 unspecified atom stereocenters. The van der Waals surface area contributed by atoms with E-state index in [4.69, 9.17) is 9.52 Å². The van der Waals surface area contributed by atoms with Crippen molar-refractivity contribution in [2.75, 3.05) is 0 Å². The number of aliphatic carboxylic acids is 1. The van der Waals surface area contributed by atoms with Crippen molar-refractivity contribution in [2.45, 2.75) is 12.7 Å². The normalized spacial score (nSPS) is 15.8. The van der Waals surface area contributed by atoms with Gasteiger partial charge in [0.1, 0.15) is 0 Å². The van der Waals surface area contributed by atoms with Gasteiger partial charge in [-0.2, -0.15) is 0 Å². The monoisotopic (exact) mass is 283 g/mol. The Morgan fingerprint density at radius 2 is 1.90 bits per heavy atom. The molecule has 0 saturated carbocycles. The van der Waals surface area contributed by atoms with Crippen LogP contribution in [-0.2, 0) is 10.6 Å². The molecule has 0 fully saturated rings. The molecule has 6 nitrogen and oxygen atoms in total. The number of hydrogen-bond donors (Lipinski definition) is 2. The van der Waals surface area contributed by atoms with Gasteiger partial charge < -0.3 is 14.8 Å². The fraction of sp³-hybridized carbons (Fsp3) is 0.133. The highest BCUT2D eigenvalue weighted by atomic mass is 16.4. The second-order valence-electron chi connectivity index (χ2n) is 4.65. The lowest BCUT2D eigenvalue weighted by molar-refractivity contribution is -0.131. The van der Waals surface area contributed by atoms with Crippen molar-refractivity contribution < 1.29 is 14.3 Å². The number of carboxylic acid groups (broad SMARTS) is 1. The fourth-order valence-corrected chi connectivity index (χ4v) is 2.23. The van der Waals surface area contributed by atoms with Crippen LogP contribution in [0, 0.1) is 0 Å². The van der Waals surface area contributed by atoms with E-state index in [0.717, 1.165) is 16.8 Å². The van der Waals surface area contributed by atoms with Gasteiger partial charge in [-0.15, -0.1) is 0 Å². The molecule has 1 aliphatic heterocycles. The molecule has 6 heteroatoms. The number of allylic oxidation sites excluding steroid dienone is 1. The maximum absolute atomic E-state index is 10.8. The summed E-state index contributed by atoms with van der Waals surface area (Å²) >= 11 is 0. The summed E-state index contributed by atoms with van der Waals surface area (Å²) < 4.78 is 5.43. The lowest BCUT2D eigenvalue weighted by atomic mass is 10.2. The third-order valence-electron chi connectivity index (χ3n) is 3.02. The minimum atomic E-state index is -1.16. The van der Waals surface area contributed by atoms with Crippen LogP contribution >= 0.6 is 0 Å². The summed E-state index contributed by atoms with van der Waals surface area (Å²) in [4.78, 5) is 19.9. The quantitative estimate of drug-likeness (QED) is 0.817. The van der Waals surface area contributed by atoms with Crippen LogP contribution < -0.4 is 16.0 Å². The second-order valence-corrected chi connectivity index (χ2v) is 4.65. The Kier molecular flexibility index (Phi) is 3.06. The summed E-state index contributed by atoms with van der Waals surface area (Å²) in [5.41, 5.74) is 0.430. The molecule has 1 aromatic carbocycles. The Morgan fingerprint density at radius 1 is 1.24 bits per heavy atom. The topological polar surface area (TPSA) is 87.2 Å². The van der Waals surface area contributed by atoms with Crippen molar-refractivity contribution >= 4 is 5.97 Å². The standard InChI is InChI=1S/C15H13N3O3/c1-10(9-14(19)20)16-15(13-7-4-8-21-13)17-11-5-2-3-6-12(11)18-15/h2-9,16H,1H3,(H,19,20). The molecule has 3 rings (SSSR count). The van der Waals surface area contributed by atoms with Crippen molar-refractivity contribution in [3.63, 3.8) is 0 Å². The molecular weight excluding hydrogens is 270 g/mol.